The zero-order valence-corrected chi connectivity index (χ0v) is 16.1. The van der Waals surface area contributed by atoms with Crippen molar-refractivity contribution in [2.75, 3.05) is 19.8 Å². The molecule has 0 amide bonds. The number of hydrogen-bond donors (Lipinski definition) is 0. The zero-order valence-electron chi connectivity index (χ0n) is 16.1. The molecule has 2 rings (SSSR count). The predicted octanol–water partition coefficient (Wildman–Crippen LogP) is 3.87. The van der Waals surface area contributed by atoms with Crippen LogP contribution in [0.25, 0.3) is 0 Å². The maximum absolute atomic E-state index is 11.1. The number of ether oxygens (including phenoxy) is 4. The molecule has 1 saturated heterocycles. The molecule has 1 heterocycles. The van der Waals surface area contributed by atoms with Gasteiger partial charge < -0.3 is 18.9 Å². The lowest BCUT2D eigenvalue weighted by atomic mass is 10.0. The molecule has 1 aromatic rings. The Kier molecular flexibility index (Phi) is 9.45. The van der Waals surface area contributed by atoms with Gasteiger partial charge in [0.25, 0.3) is 0 Å². The second kappa shape index (κ2) is 12.1. The highest BCUT2D eigenvalue weighted by atomic mass is 16.7. The van der Waals surface area contributed by atoms with E-state index in [0.717, 1.165) is 42.9 Å². The first-order chi connectivity index (χ1) is 13.6. The molecule has 0 N–H and O–H groups in total. The Balaban J connectivity index is 1.62. The van der Waals surface area contributed by atoms with Gasteiger partial charge in [0.1, 0.15) is 6.61 Å². The first kappa shape index (κ1) is 21.9. The van der Waals surface area contributed by atoms with Gasteiger partial charge in [-0.2, -0.15) is 0 Å². The van der Waals surface area contributed by atoms with E-state index in [9.17, 15) is 9.59 Å². The quantitative estimate of drug-likeness (QED) is 0.326. The Morgan fingerprint density at radius 3 is 2.25 bits per heavy atom. The van der Waals surface area contributed by atoms with Crippen molar-refractivity contribution in [2.45, 2.75) is 38.6 Å². The standard InChI is InChI=1S/C22H28O6/c1-3-20(23)25-13-7-5-6-8-18-15-27-22(28-16-18)19-11-9-17(10-12-19)14-26-21(24)4-2/h3-4,9-12,18,22H,1-2,5-8,13-16H2. The van der Waals surface area contributed by atoms with Gasteiger partial charge in [0.15, 0.2) is 6.29 Å². The van der Waals surface area contributed by atoms with Crippen molar-refractivity contribution < 1.29 is 28.5 Å². The third-order valence-corrected chi connectivity index (χ3v) is 4.43. The first-order valence-corrected chi connectivity index (χ1v) is 9.52. The third-order valence-electron chi connectivity index (χ3n) is 4.43. The molecule has 6 nitrogen and oxygen atoms in total. The largest absolute Gasteiger partial charge is 0.463 e. The Morgan fingerprint density at radius 1 is 0.964 bits per heavy atom. The van der Waals surface area contributed by atoms with E-state index in [1.807, 2.05) is 24.3 Å². The smallest absolute Gasteiger partial charge is 0.330 e. The molecular formula is C22H28O6. The molecule has 1 aliphatic rings. The molecule has 0 aromatic heterocycles. The summed E-state index contributed by atoms with van der Waals surface area (Å²) in [6.45, 7) is 8.71. The molecule has 152 valence electrons. The van der Waals surface area contributed by atoms with Crippen LogP contribution in [-0.2, 0) is 35.1 Å². The van der Waals surface area contributed by atoms with Crippen molar-refractivity contribution in [3.63, 3.8) is 0 Å². The predicted molar refractivity (Wildman–Crippen MR) is 104 cm³/mol. The van der Waals surface area contributed by atoms with Crippen molar-refractivity contribution in [3.8, 4) is 0 Å². The van der Waals surface area contributed by atoms with Gasteiger partial charge in [-0.1, -0.05) is 50.3 Å². The van der Waals surface area contributed by atoms with E-state index in [4.69, 9.17) is 18.9 Å². The van der Waals surface area contributed by atoms with Gasteiger partial charge >= 0.3 is 11.9 Å². The number of hydrogen-bond acceptors (Lipinski definition) is 6. The van der Waals surface area contributed by atoms with E-state index in [-0.39, 0.29) is 18.9 Å². The van der Waals surface area contributed by atoms with Gasteiger partial charge in [-0.25, -0.2) is 9.59 Å². The summed E-state index contributed by atoms with van der Waals surface area (Å²) in [4.78, 5) is 22.0. The van der Waals surface area contributed by atoms with Crippen LogP contribution in [0.2, 0.25) is 0 Å². The summed E-state index contributed by atoms with van der Waals surface area (Å²) in [6.07, 6.45) is 5.89. The zero-order chi connectivity index (χ0) is 20.2. The molecule has 0 radical (unpaired) electrons. The van der Waals surface area contributed by atoms with Crippen molar-refractivity contribution in [2.24, 2.45) is 5.92 Å². The van der Waals surface area contributed by atoms with Crippen LogP contribution in [0.3, 0.4) is 0 Å². The van der Waals surface area contributed by atoms with Crippen LogP contribution < -0.4 is 0 Å². The Labute approximate surface area is 166 Å². The minimum atomic E-state index is -0.438. The second-order valence-corrected chi connectivity index (χ2v) is 6.64. The number of unbranched alkanes of at least 4 members (excludes halogenated alkanes) is 2. The van der Waals surface area contributed by atoms with Crippen molar-refractivity contribution in [1.82, 2.24) is 0 Å². The summed E-state index contributed by atoms with van der Waals surface area (Å²) in [5.41, 5.74) is 1.84. The van der Waals surface area contributed by atoms with E-state index in [1.165, 1.54) is 6.08 Å². The fourth-order valence-corrected chi connectivity index (χ4v) is 2.83. The Morgan fingerprint density at radius 2 is 1.61 bits per heavy atom. The molecular weight excluding hydrogens is 360 g/mol. The van der Waals surface area contributed by atoms with Gasteiger partial charge in [0, 0.05) is 23.6 Å². The lowest BCUT2D eigenvalue weighted by molar-refractivity contribution is -0.206. The summed E-state index contributed by atoms with van der Waals surface area (Å²) >= 11 is 0. The molecule has 1 fully saturated rings. The van der Waals surface area contributed by atoms with Crippen molar-refractivity contribution in [1.29, 1.82) is 0 Å². The molecule has 6 heteroatoms. The van der Waals surface area contributed by atoms with Gasteiger partial charge in [-0.3, -0.25) is 0 Å². The van der Waals surface area contributed by atoms with Gasteiger partial charge in [-0.15, -0.1) is 0 Å². The molecule has 0 spiro atoms. The SMILES string of the molecule is C=CC(=O)OCCCCCC1COC(c2ccc(COC(=O)C=C)cc2)OC1. The maximum Gasteiger partial charge on any atom is 0.330 e. The number of esters is 2. The number of carbonyl (C=O) groups is 2. The van der Waals surface area contributed by atoms with E-state index in [1.54, 1.807) is 0 Å². The summed E-state index contributed by atoms with van der Waals surface area (Å²) in [5, 5.41) is 0. The van der Waals surface area contributed by atoms with Gasteiger partial charge in [0.2, 0.25) is 0 Å². The van der Waals surface area contributed by atoms with Crippen molar-refractivity contribution >= 4 is 11.9 Å². The molecule has 0 aliphatic carbocycles. The molecule has 0 unspecified atom stereocenters. The number of benzene rings is 1. The summed E-state index contributed by atoms with van der Waals surface area (Å²) in [7, 11) is 0. The topological polar surface area (TPSA) is 71.1 Å². The monoisotopic (exact) mass is 388 g/mol. The Bertz CT molecular complexity index is 643. The van der Waals surface area contributed by atoms with Crippen LogP contribution >= 0.6 is 0 Å². The highest BCUT2D eigenvalue weighted by Crippen LogP contribution is 2.27. The minimum absolute atomic E-state index is 0.215. The fourth-order valence-electron chi connectivity index (χ4n) is 2.83. The maximum atomic E-state index is 11.1. The van der Waals surface area contributed by atoms with Crippen LogP contribution in [-0.4, -0.2) is 31.8 Å². The molecule has 0 saturated carbocycles. The molecule has 0 atom stereocenters. The van der Waals surface area contributed by atoms with E-state index in [2.05, 4.69) is 13.2 Å². The normalized spacial score (nSPS) is 18.9. The highest BCUT2D eigenvalue weighted by molar-refractivity contribution is 5.81. The summed E-state index contributed by atoms with van der Waals surface area (Å²) in [6, 6.07) is 7.63. The average molecular weight is 388 g/mol. The highest BCUT2D eigenvalue weighted by Gasteiger charge is 2.23. The average Bonchev–Trinajstić information content (AvgIpc) is 2.75. The van der Waals surface area contributed by atoms with Crippen LogP contribution in [0, 0.1) is 5.92 Å². The van der Waals surface area contributed by atoms with Crippen LogP contribution in [0.15, 0.2) is 49.6 Å². The van der Waals surface area contributed by atoms with E-state index < -0.39 is 5.97 Å². The second-order valence-electron chi connectivity index (χ2n) is 6.64. The fraction of sp³-hybridized carbons (Fsp3) is 0.455. The van der Waals surface area contributed by atoms with E-state index in [0.29, 0.717) is 25.7 Å². The minimum Gasteiger partial charge on any atom is -0.463 e. The molecule has 28 heavy (non-hydrogen) atoms. The van der Waals surface area contributed by atoms with Crippen LogP contribution in [0.5, 0.6) is 0 Å². The number of rotatable bonds is 11. The lowest BCUT2D eigenvalue weighted by Crippen LogP contribution is -2.27. The van der Waals surface area contributed by atoms with Gasteiger partial charge in [0.05, 0.1) is 19.8 Å². The van der Waals surface area contributed by atoms with Crippen LogP contribution in [0.1, 0.15) is 43.1 Å². The Hall–Kier alpha value is -2.44. The first-order valence-electron chi connectivity index (χ1n) is 9.52. The van der Waals surface area contributed by atoms with Crippen LogP contribution in [0.4, 0.5) is 0 Å². The summed E-state index contributed by atoms with van der Waals surface area (Å²) in [5.74, 6) is -0.428. The number of carbonyl (C=O) groups excluding carboxylic acids is 2. The third kappa shape index (κ3) is 7.66. The molecule has 0 bridgehead atoms. The van der Waals surface area contributed by atoms with E-state index >= 15 is 0 Å². The van der Waals surface area contributed by atoms with Crippen molar-refractivity contribution in [3.05, 3.63) is 60.7 Å². The van der Waals surface area contributed by atoms with Gasteiger partial charge in [-0.05, 0) is 18.4 Å². The molecule has 1 aromatic carbocycles. The summed E-state index contributed by atoms with van der Waals surface area (Å²) < 4.78 is 21.7. The molecule has 1 aliphatic heterocycles. The lowest BCUT2D eigenvalue weighted by Gasteiger charge is -2.29.